The topological polar surface area (TPSA) is 66.4 Å². The van der Waals surface area contributed by atoms with Crippen molar-refractivity contribution >= 4 is 12.3 Å². The lowest BCUT2D eigenvalue weighted by Crippen LogP contribution is -2.48. The van der Waals surface area contributed by atoms with Crippen LogP contribution < -0.4 is 0 Å². The predicted octanol–water partition coefficient (Wildman–Crippen LogP) is -0.301. The monoisotopic (exact) mass is 234 g/mol. The van der Waals surface area contributed by atoms with Gasteiger partial charge in [0.15, 0.2) is 0 Å². The van der Waals surface area contributed by atoms with Crippen LogP contribution in [0.2, 0.25) is 0 Å². The molecule has 0 spiro atoms. The number of aryl methyl sites for hydroxylation is 1. The maximum atomic E-state index is 12.2. The van der Waals surface area contributed by atoms with Crippen LogP contribution in [0.1, 0.15) is 16.1 Å². The SMILES string of the molecule is Cc1ncncc1C(=O)N1CCN(C=O)CC1. The highest BCUT2D eigenvalue weighted by Gasteiger charge is 2.22. The molecule has 2 heterocycles. The quantitative estimate of drug-likeness (QED) is 0.659. The Morgan fingerprint density at radius 3 is 2.65 bits per heavy atom. The summed E-state index contributed by atoms with van der Waals surface area (Å²) in [5, 5.41) is 0. The molecule has 1 aliphatic rings. The van der Waals surface area contributed by atoms with Gasteiger partial charge in [-0.25, -0.2) is 9.97 Å². The Morgan fingerprint density at radius 2 is 2.06 bits per heavy atom. The molecule has 6 heteroatoms. The van der Waals surface area contributed by atoms with E-state index >= 15 is 0 Å². The van der Waals surface area contributed by atoms with Crippen LogP contribution in [0.25, 0.3) is 0 Å². The third-order valence-corrected chi connectivity index (χ3v) is 2.89. The molecule has 6 nitrogen and oxygen atoms in total. The molecule has 1 aliphatic heterocycles. The van der Waals surface area contributed by atoms with Crippen molar-refractivity contribution in [3.63, 3.8) is 0 Å². The third kappa shape index (κ3) is 2.41. The van der Waals surface area contributed by atoms with Crippen LogP contribution in [0.3, 0.4) is 0 Å². The number of aromatic nitrogens is 2. The van der Waals surface area contributed by atoms with Crippen LogP contribution in [-0.2, 0) is 4.79 Å². The maximum absolute atomic E-state index is 12.2. The number of carbonyl (C=O) groups is 2. The number of piperazine rings is 1. The molecule has 2 amide bonds. The van der Waals surface area contributed by atoms with Gasteiger partial charge in [0.25, 0.3) is 5.91 Å². The Balaban J connectivity index is 2.07. The van der Waals surface area contributed by atoms with Crippen molar-refractivity contribution in [2.75, 3.05) is 26.2 Å². The summed E-state index contributed by atoms with van der Waals surface area (Å²) in [4.78, 5) is 34.0. The van der Waals surface area contributed by atoms with Gasteiger partial charge in [-0.2, -0.15) is 0 Å². The Morgan fingerprint density at radius 1 is 1.35 bits per heavy atom. The highest BCUT2D eigenvalue weighted by molar-refractivity contribution is 5.95. The Bertz CT molecular complexity index is 427. The summed E-state index contributed by atoms with van der Waals surface area (Å²) in [5.74, 6) is -0.0614. The van der Waals surface area contributed by atoms with Gasteiger partial charge in [0.05, 0.1) is 11.3 Å². The van der Waals surface area contributed by atoms with E-state index in [9.17, 15) is 9.59 Å². The van der Waals surface area contributed by atoms with Gasteiger partial charge in [-0.1, -0.05) is 0 Å². The first kappa shape index (κ1) is 11.5. The van der Waals surface area contributed by atoms with Crippen LogP contribution >= 0.6 is 0 Å². The van der Waals surface area contributed by atoms with Crippen molar-refractivity contribution in [3.05, 3.63) is 23.8 Å². The number of hydrogen-bond donors (Lipinski definition) is 0. The van der Waals surface area contributed by atoms with Gasteiger partial charge in [-0.15, -0.1) is 0 Å². The van der Waals surface area contributed by atoms with Crippen LogP contribution in [0, 0.1) is 6.92 Å². The van der Waals surface area contributed by atoms with E-state index in [0.29, 0.717) is 37.4 Å². The molecule has 0 unspecified atom stereocenters. The van der Waals surface area contributed by atoms with Crippen LogP contribution in [0.15, 0.2) is 12.5 Å². The molecule has 0 N–H and O–H groups in total. The normalized spacial score (nSPS) is 15.8. The first-order chi connectivity index (χ1) is 8.22. The molecule has 0 saturated carbocycles. The molecule has 0 aromatic carbocycles. The second-order valence-electron chi connectivity index (χ2n) is 3.96. The number of carbonyl (C=O) groups excluding carboxylic acids is 2. The van der Waals surface area contributed by atoms with Crippen molar-refractivity contribution in [3.8, 4) is 0 Å². The summed E-state index contributed by atoms with van der Waals surface area (Å²) >= 11 is 0. The van der Waals surface area contributed by atoms with Crippen LogP contribution in [-0.4, -0.2) is 58.3 Å². The van der Waals surface area contributed by atoms with E-state index in [4.69, 9.17) is 0 Å². The first-order valence-electron chi connectivity index (χ1n) is 5.47. The van der Waals surface area contributed by atoms with Crippen molar-refractivity contribution in [1.29, 1.82) is 0 Å². The highest BCUT2D eigenvalue weighted by Crippen LogP contribution is 2.09. The van der Waals surface area contributed by atoms with Gasteiger partial charge in [-0.05, 0) is 6.92 Å². The Labute approximate surface area is 99.3 Å². The minimum atomic E-state index is -0.0614. The summed E-state index contributed by atoms with van der Waals surface area (Å²) in [6.45, 7) is 4.08. The predicted molar refractivity (Wildman–Crippen MR) is 60.3 cm³/mol. The van der Waals surface area contributed by atoms with Crippen molar-refractivity contribution in [1.82, 2.24) is 19.8 Å². The zero-order valence-electron chi connectivity index (χ0n) is 9.67. The average Bonchev–Trinajstić information content (AvgIpc) is 2.39. The molecule has 1 saturated heterocycles. The largest absolute Gasteiger partial charge is 0.342 e. The van der Waals surface area contributed by atoms with Gasteiger partial charge in [-0.3, -0.25) is 9.59 Å². The minimum absolute atomic E-state index is 0.0614. The number of amides is 2. The standard InChI is InChI=1S/C11H14N4O2/c1-9-10(6-12-7-13-9)11(17)15-4-2-14(8-16)3-5-15/h6-8H,2-5H2,1H3. The molecule has 1 aromatic rings. The molecule has 0 atom stereocenters. The lowest BCUT2D eigenvalue weighted by atomic mass is 10.2. The second-order valence-corrected chi connectivity index (χ2v) is 3.96. The summed E-state index contributed by atoms with van der Waals surface area (Å²) in [6.07, 6.45) is 3.78. The smallest absolute Gasteiger partial charge is 0.257 e. The van der Waals surface area contributed by atoms with E-state index in [1.54, 1.807) is 16.7 Å². The molecule has 1 aromatic heterocycles. The lowest BCUT2D eigenvalue weighted by molar-refractivity contribution is -0.119. The molecule has 0 bridgehead atoms. The van der Waals surface area contributed by atoms with Crippen LogP contribution in [0.5, 0.6) is 0 Å². The average molecular weight is 234 g/mol. The number of hydrogen-bond acceptors (Lipinski definition) is 4. The van der Waals surface area contributed by atoms with E-state index in [2.05, 4.69) is 9.97 Å². The van der Waals surface area contributed by atoms with Gasteiger partial charge in [0.1, 0.15) is 6.33 Å². The second kappa shape index (κ2) is 4.90. The summed E-state index contributed by atoms with van der Waals surface area (Å²) in [5.41, 5.74) is 1.22. The molecular weight excluding hydrogens is 220 g/mol. The van der Waals surface area contributed by atoms with Crippen molar-refractivity contribution in [2.24, 2.45) is 0 Å². The molecule has 2 rings (SSSR count). The van der Waals surface area contributed by atoms with Gasteiger partial charge < -0.3 is 9.80 Å². The summed E-state index contributed by atoms with van der Waals surface area (Å²) in [7, 11) is 0. The molecule has 17 heavy (non-hydrogen) atoms. The minimum Gasteiger partial charge on any atom is -0.342 e. The van der Waals surface area contributed by atoms with Gasteiger partial charge in [0, 0.05) is 32.4 Å². The van der Waals surface area contributed by atoms with E-state index < -0.39 is 0 Å². The Kier molecular flexibility index (Phi) is 3.32. The van der Waals surface area contributed by atoms with E-state index in [1.807, 2.05) is 0 Å². The molecule has 1 fully saturated rings. The summed E-state index contributed by atoms with van der Waals surface area (Å²) < 4.78 is 0. The van der Waals surface area contributed by atoms with Gasteiger partial charge in [0.2, 0.25) is 6.41 Å². The van der Waals surface area contributed by atoms with Gasteiger partial charge >= 0.3 is 0 Å². The van der Waals surface area contributed by atoms with Crippen molar-refractivity contribution < 1.29 is 9.59 Å². The summed E-state index contributed by atoms with van der Waals surface area (Å²) in [6, 6.07) is 0. The maximum Gasteiger partial charge on any atom is 0.257 e. The fraction of sp³-hybridized carbons (Fsp3) is 0.455. The number of nitrogens with zero attached hydrogens (tertiary/aromatic N) is 4. The number of rotatable bonds is 2. The zero-order valence-corrected chi connectivity index (χ0v) is 9.67. The highest BCUT2D eigenvalue weighted by atomic mass is 16.2. The molecule has 0 aliphatic carbocycles. The van der Waals surface area contributed by atoms with Crippen LogP contribution in [0.4, 0.5) is 0 Å². The lowest BCUT2D eigenvalue weighted by Gasteiger charge is -2.32. The molecular formula is C11H14N4O2. The van der Waals surface area contributed by atoms with E-state index in [0.717, 1.165) is 6.41 Å². The molecule has 90 valence electrons. The molecule has 0 radical (unpaired) electrons. The first-order valence-corrected chi connectivity index (χ1v) is 5.47. The van der Waals surface area contributed by atoms with Crippen molar-refractivity contribution in [2.45, 2.75) is 6.92 Å². The third-order valence-electron chi connectivity index (χ3n) is 2.89. The fourth-order valence-electron chi connectivity index (χ4n) is 1.80. The van der Waals surface area contributed by atoms with E-state index in [-0.39, 0.29) is 5.91 Å². The Hall–Kier alpha value is -1.98. The zero-order chi connectivity index (χ0) is 12.3. The fourth-order valence-corrected chi connectivity index (χ4v) is 1.80. The van der Waals surface area contributed by atoms with E-state index in [1.165, 1.54) is 12.5 Å².